The van der Waals surface area contributed by atoms with E-state index in [0.717, 1.165) is 12.8 Å². The minimum absolute atomic E-state index is 0.372. The van der Waals surface area contributed by atoms with Crippen molar-refractivity contribution >= 4 is 11.9 Å². The van der Waals surface area contributed by atoms with Crippen LogP contribution in [0, 0.1) is 0 Å². The van der Waals surface area contributed by atoms with Gasteiger partial charge >= 0.3 is 6.01 Å². The van der Waals surface area contributed by atoms with Gasteiger partial charge in [-0.25, -0.2) is 0 Å². The zero-order chi connectivity index (χ0) is 12.0. The van der Waals surface area contributed by atoms with Crippen LogP contribution in [0.3, 0.4) is 0 Å². The summed E-state index contributed by atoms with van der Waals surface area (Å²) in [7, 11) is 5.53. The largest absolute Gasteiger partial charge is 0.463 e. The minimum Gasteiger partial charge on any atom is -0.463 e. The molecule has 1 aromatic heterocycles. The highest BCUT2D eigenvalue weighted by molar-refractivity contribution is 5.36. The molecule has 0 aliphatic heterocycles. The third-order valence-corrected chi connectivity index (χ3v) is 1.96. The zero-order valence-electron chi connectivity index (χ0n) is 10.3. The number of nitrogens with zero attached hydrogens (tertiary/aromatic N) is 4. The Labute approximate surface area is 96.1 Å². The number of ether oxygens (including phenoxy) is 1. The summed E-state index contributed by atoms with van der Waals surface area (Å²) in [4.78, 5) is 14.3. The van der Waals surface area contributed by atoms with Crippen molar-refractivity contribution < 1.29 is 4.74 Å². The topological polar surface area (TPSA) is 63.2 Å². The Kier molecular flexibility index (Phi) is 4.75. The molecule has 0 spiro atoms. The standard InChI is InChI=1S/C10H19N5O/c1-5-6-7-16-10-13-8(11-2)12-9(14-10)15(3)4/h5-7H2,1-4H3,(H,11,12,13,14). The van der Waals surface area contributed by atoms with Crippen molar-refractivity contribution in [3.8, 4) is 6.01 Å². The van der Waals surface area contributed by atoms with Crippen molar-refractivity contribution in [3.05, 3.63) is 0 Å². The van der Waals surface area contributed by atoms with Gasteiger partial charge in [0, 0.05) is 21.1 Å². The highest BCUT2D eigenvalue weighted by atomic mass is 16.5. The number of rotatable bonds is 6. The normalized spacial score (nSPS) is 10.0. The monoisotopic (exact) mass is 225 g/mol. The average molecular weight is 225 g/mol. The van der Waals surface area contributed by atoms with Gasteiger partial charge in [0.2, 0.25) is 11.9 Å². The quantitative estimate of drug-likeness (QED) is 0.733. The smallest absolute Gasteiger partial charge is 0.323 e. The predicted molar refractivity (Wildman–Crippen MR) is 64.1 cm³/mol. The van der Waals surface area contributed by atoms with Crippen LogP contribution in [-0.4, -0.2) is 42.7 Å². The summed E-state index contributed by atoms with van der Waals surface area (Å²) in [6.07, 6.45) is 2.09. The van der Waals surface area contributed by atoms with E-state index in [-0.39, 0.29) is 0 Å². The molecule has 1 aromatic rings. The first kappa shape index (κ1) is 12.5. The maximum Gasteiger partial charge on any atom is 0.323 e. The molecule has 90 valence electrons. The van der Waals surface area contributed by atoms with Crippen molar-refractivity contribution in [2.75, 3.05) is 38.0 Å². The molecule has 0 aromatic carbocycles. The van der Waals surface area contributed by atoms with Gasteiger partial charge in [-0.15, -0.1) is 0 Å². The Hall–Kier alpha value is -1.59. The highest BCUT2D eigenvalue weighted by Gasteiger charge is 2.07. The van der Waals surface area contributed by atoms with Crippen LogP contribution in [0.25, 0.3) is 0 Å². The Balaban J connectivity index is 2.78. The van der Waals surface area contributed by atoms with Gasteiger partial charge in [0.15, 0.2) is 0 Å². The third-order valence-electron chi connectivity index (χ3n) is 1.96. The van der Waals surface area contributed by atoms with Crippen LogP contribution in [0.15, 0.2) is 0 Å². The molecule has 6 heteroatoms. The van der Waals surface area contributed by atoms with Gasteiger partial charge in [0.1, 0.15) is 0 Å². The maximum absolute atomic E-state index is 5.45. The fourth-order valence-electron chi connectivity index (χ4n) is 1.03. The maximum atomic E-state index is 5.45. The molecule has 0 atom stereocenters. The number of hydrogen-bond acceptors (Lipinski definition) is 6. The first-order valence-electron chi connectivity index (χ1n) is 5.41. The molecule has 0 amide bonds. The second kappa shape index (κ2) is 6.09. The first-order valence-corrected chi connectivity index (χ1v) is 5.41. The summed E-state index contributed by atoms with van der Waals surface area (Å²) >= 11 is 0. The SMILES string of the molecule is CCCCOc1nc(NC)nc(N(C)C)n1. The summed E-state index contributed by atoms with van der Waals surface area (Å²) in [5.74, 6) is 1.11. The van der Waals surface area contributed by atoms with E-state index in [4.69, 9.17) is 4.74 Å². The molecule has 0 bridgehead atoms. The number of aromatic nitrogens is 3. The lowest BCUT2D eigenvalue weighted by Gasteiger charge is -2.12. The van der Waals surface area contributed by atoms with E-state index in [1.54, 1.807) is 7.05 Å². The van der Waals surface area contributed by atoms with E-state index < -0.39 is 0 Å². The Bertz CT molecular complexity index is 329. The molecule has 6 nitrogen and oxygen atoms in total. The highest BCUT2D eigenvalue weighted by Crippen LogP contribution is 2.12. The van der Waals surface area contributed by atoms with E-state index in [1.807, 2.05) is 19.0 Å². The van der Waals surface area contributed by atoms with Gasteiger partial charge < -0.3 is 15.0 Å². The van der Waals surface area contributed by atoms with E-state index in [1.165, 1.54) is 0 Å². The molecular weight excluding hydrogens is 206 g/mol. The number of anilines is 2. The molecule has 0 unspecified atom stereocenters. The fraction of sp³-hybridized carbons (Fsp3) is 0.700. The Morgan fingerprint density at radius 2 is 2.00 bits per heavy atom. The zero-order valence-corrected chi connectivity index (χ0v) is 10.3. The van der Waals surface area contributed by atoms with Crippen LogP contribution in [0.4, 0.5) is 11.9 Å². The molecule has 0 saturated carbocycles. The predicted octanol–water partition coefficient (Wildman–Crippen LogP) is 1.16. The minimum atomic E-state index is 0.372. The van der Waals surface area contributed by atoms with Crippen LogP contribution >= 0.6 is 0 Å². The molecule has 1 heterocycles. The molecule has 0 saturated heterocycles. The van der Waals surface area contributed by atoms with Gasteiger partial charge in [-0.2, -0.15) is 15.0 Å². The molecule has 16 heavy (non-hydrogen) atoms. The van der Waals surface area contributed by atoms with E-state index in [0.29, 0.717) is 24.5 Å². The van der Waals surface area contributed by atoms with Crippen molar-refractivity contribution in [2.45, 2.75) is 19.8 Å². The summed E-state index contributed by atoms with van der Waals surface area (Å²) in [6, 6.07) is 0.372. The van der Waals surface area contributed by atoms with E-state index >= 15 is 0 Å². The average Bonchev–Trinajstić information content (AvgIpc) is 2.29. The molecule has 0 fully saturated rings. The number of unbranched alkanes of at least 4 members (excludes halogenated alkanes) is 1. The molecular formula is C10H19N5O. The van der Waals surface area contributed by atoms with Crippen LogP contribution in [0.2, 0.25) is 0 Å². The van der Waals surface area contributed by atoms with E-state index in [2.05, 4.69) is 27.2 Å². The third kappa shape index (κ3) is 3.52. The summed E-state index contributed by atoms with van der Waals surface area (Å²) in [5.41, 5.74) is 0. The van der Waals surface area contributed by atoms with Gasteiger partial charge in [-0.1, -0.05) is 13.3 Å². The van der Waals surface area contributed by atoms with Crippen LogP contribution in [0.1, 0.15) is 19.8 Å². The van der Waals surface area contributed by atoms with Crippen molar-refractivity contribution in [3.63, 3.8) is 0 Å². The summed E-state index contributed by atoms with van der Waals surface area (Å²) in [5, 5.41) is 2.88. The molecule has 0 aliphatic carbocycles. The number of hydrogen-bond donors (Lipinski definition) is 1. The second-order valence-electron chi connectivity index (χ2n) is 3.59. The number of nitrogens with one attached hydrogen (secondary N) is 1. The molecule has 0 radical (unpaired) electrons. The van der Waals surface area contributed by atoms with E-state index in [9.17, 15) is 0 Å². The molecule has 1 N–H and O–H groups in total. The van der Waals surface area contributed by atoms with Crippen molar-refractivity contribution in [2.24, 2.45) is 0 Å². The lowest BCUT2D eigenvalue weighted by Crippen LogP contribution is -2.15. The van der Waals surface area contributed by atoms with Crippen LogP contribution in [-0.2, 0) is 0 Å². The van der Waals surface area contributed by atoms with Crippen molar-refractivity contribution in [1.82, 2.24) is 15.0 Å². The molecule has 0 aliphatic rings. The van der Waals surface area contributed by atoms with Crippen molar-refractivity contribution in [1.29, 1.82) is 0 Å². The fourth-order valence-corrected chi connectivity index (χ4v) is 1.03. The first-order chi connectivity index (χ1) is 7.67. The summed E-state index contributed by atoms with van der Waals surface area (Å²) < 4.78 is 5.45. The van der Waals surface area contributed by atoms with Crippen LogP contribution in [0.5, 0.6) is 6.01 Å². The Morgan fingerprint density at radius 1 is 1.25 bits per heavy atom. The Morgan fingerprint density at radius 3 is 2.56 bits per heavy atom. The second-order valence-corrected chi connectivity index (χ2v) is 3.59. The van der Waals surface area contributed by atoms with Gasteiger partial charge in [0.25, 0.3) is 0 Å². The molecule has 1 rings (SSSR count). The van der Waals surface area contributed by atoms with Gasteiger partial charge in [-0.05, 0) is 6.42 Å². The van der Waals surface area contributed by atoms with Crippen LogP contribution < -0.4 is 15.0 Å². The summed E-state index contributed by atoms with van der Waals surface area (Å²) in [6.45, 7) is 2.75. The van der Waals surface area contributed by atoms with Gasteiger partial charge in [-0.3, -0.25) is 0 Å². The van der Waals surface area contributed by atoms with Gasteiger partial charge in [0.05, 0.1) is 6.61 Å². The lowest BCUT2D eigenvalue weighted by molar-refractivity contribution is 0.285. The lowest BCUT2D eigenvalue weighted by atomic mass is 10.4.